The van der Waals surface area contributed by atoms with Crippen LogP contribution in [0.4, 0.5) is 5.69 Å². The van der Waals surface area contributed by atoms with Crippen LogP contribution in [-0.4, -0.2) is 20.9 Å². The lowest BCUT2D eigenvalue weighted by atomic mass is 9.98. The van der Waals surface area contributed by atoms with Gasteiger partial charge in [0.05, 0.1) is 4.90 Å². The number of carbonyl (C=O) groups is 1. The minimum atomic E-state index is -3.52. The van der Waals surface area contributed by atoms with Crippen LogP contribution in [0.5, 0.6) is 0 Å². The fourth-order valence-electron chi connectivity index (χ4n) is 3.05. The second kappa shape index (κ2) is 7.37. The summed E-state index contributed by atoms with van der Waals surface area (Å²) < 4.78 is 27.3. The lowest BCUT2D eigenvalue weighted by molar-refractivity contribution is -0.118. The molecule has 5 nitrogen and oxygen atoms in total. The number of anilines is 1. The zero-order chi connectivity index (χ0) is 17.9. The van der Waals surface area contributed by atoms with E-state index in [9.17, 15) is 13.2 Å². The number of rotatable bonds is 6. The molecule has 2 aromatic carbocycles. The van der Waals surface area contributed by atoms with Gasteiger partial charge < -0.3 is 4.90 Å². The number of carbonyl (C=O) groups excluding carboxylic acids is 1. The number of aryl methyl sites for hydroxylation is 1. The molecule has 132 valence electrons. The third-order valence-electron chi connectivity index (χ3n) is 4.31. The van der Waals surface area contributed by atoms with E-state index in [0.717, 1.165) is 23.2 Å². The molecule has 0 atom stereocenters. The predicted molar refractivity (Wildman–Crippen MR) is 97.9 cm³/mol. The van der Waals surface area contributed by atoms with E-state index in [4.69, 9.17) is 0 Å². The highest BCUT2D eigenvalue weighted by molar-refractivity contribution is 7.89. The molecule has 0 aliphatic carbocycles. The highest BCUT2D eigenvalue weighted by atomic mass is 32.2. The van der Waals surface area contributed by atoms with Crippen LogP contribution in [0.15, 0.2) is 53.4 Å². The molecule has 1 N–H and O–H groups in total. The van der Waals surface area contributed by atoms with Gasteiger partial charge >= 0.3 is 0 Å². The third-order valence-corrected chi connectivity index (χ3v) is 5.73. The van der Waals surface area contributed by atoms with Crippen molar-refractivity contribution in [2.24, 2.45) is 0 Å². The van der Waals surface area contributed by atoms with Gasteiger partial charge in [0, 0.05) is 25.2 Å². The SMILES string of the molecule is CCCN1C(=O)CCc2cc(CNS(=O)(=O)c3ccccc3)ccc21. The van der Waals surface area contributed by atoms with Gasteiger partial charge in [-0.05, 0) is 42.2 Å². The Morgan fingerprint density at radius 1 is 1.08 bits per heavy atom. The molecule has 2 aromatic rings. The van der Waals surface area contributed by atoms with Crippen LogP contribution < -0.4 is 9.62 Å². The number of nitrogens with zero attached hydrogens (tertiary/aromatic N) is 1. The number of sulfonamides is 1. The van der Waals surface area contributed by atoms with Gasteiger partial charge in [-0.3, -0.25) is 4.79 Å². The molecule has 0 spiro atoms. The van der Waals surface area contributed by atoms with E-state index in [1.54, 1.807) is 30.3 Å². The van der Waals surface area contributed by atoms with Crippen molar-refractivity contribution in [2.75, 3.05) is 11.4 Å². The molecular formula is C19H22N2O3S. The molecule has 0 radical (unpaired) electrons. The van der Waals surface area contributed by atoms with Gasteiger partial charge in [0.1, 0.15) is 0 Å². The zero-order valence-electron chi connectivity index (χ0n) is 14.2. The van der Waals surface area contributed by atoms with Crippen LogP contribution in [0.3, 0.4) is 0 Å². The van der Waals surface area contributed by atoms with Crippen LogP contribution in [-0.2, 0) is 27.8 Å². The van der Waals surface area contributed by atoms with Crippen LogP contribution in [0, 0.1) is 0 Å². The summed E-state index contributed by atoms with van der Waals surface area (Å²) in [4.78, 5) is 14.2. The average Bonchev–Trinajstić information content (AvgIpc) is 2.63. The fraction of sp³-hybridized carbons (Fsp3) is 0.316. The number of hydrogen-bond donors (Lipinski definition) is 1. The molecule has 1 aliphatic heterocycles. The Bertz CT molecular complexity index is 863. The highest BCUT2D eigenvalue weighted by Crippen LogP contribution is 2.29. The second-order valence-electron chi connectivity index (χ2n) is 6.15. The van der Waals surface area contributed by atoms with E-state index in [-0.39, 0.29) is 17.3 Å². The third kappa shape index (κ3) is 3.91. The lowest BCUT2D eigenvalue weighted by Gasteiger charge is -2.29. The van der Waals surface area contributed by atoms with Crippen molar-refractivity contribution in [1.82, 2.24) is 4.72 Å². The molecule has 1 aliphatic rings. The Labute approximate surface area is 148 Å². The quantitative estimate of drug-likeness (QED) is 0.863. The monoisotopic (exact) mass is 358 g/mol. The molecule has 3 rings (SSSR count). The maximum Gasteiger partial charge on any atom is 0.240 e. The normalized spacial score (nSPS) is 14.4. The summed E-state index contributed by atoms with van der Waals surface area (Å²) in [6.07, 6.45) is 2.11. The standard InChI is InChI=1S/C19H22N2O3S/c1-2-12-21-18-10-8-15(13-16(18)9-11-19(21)22)14-20-25(23,24)17-6-4-3-5-7-17/h3-8,10,13,20H,2,9,11-12,14H2,1H3. The van der Waals surface area contributed by atoms with Crippen molar-refractivity contribution in [3.05, 3.63) is 59.7 Å². The summed E-state index contributed by atoms with van der Waals surface area (Å²) in [5, 5.41) is 0. The van der Waals surface area contributed by atoms with Crippen molar-refractivity contribution >= 4 is 21.6 Å². The van der Waals surface area contributed by atoms with E-state index in [0.29, 0.717) is 19.4 Å². The lowest BCUT2D eigenvalue weighted by Crippen LogP contribution is -2.35. The van der Waals surface area contributed by atoms with Gasteiger partial charge in [-0.1, -0.05) is 37.3 Å². The van der Waals surface area contributed by atoms with Gasteiger partial charge in [0.2, 0.25) is 15.9 Å². The van der Waals surface area contributed by atoms with Gasteiger partial charge in [-0.25, -0.2) is 13.1 Å². The summed E-state index contributed by atoms with van der Waals surface area (Å²) in [7, 11) is -3.52. The first-order valence-corrected chi connectivity index (χ1v) is 9.96. The molecular weight excluding hydrogens is 336 g/mol. The van der Waals surface area contributed by atoms with E-state index in [1.165, 1.54) is 0 Å². The summed E-state index contributed by atoms with van der Waals surface area (Å²) in [6.45, 7) is 2.99. The molecule has 25 heavy (non-hydrogen) atoms. The van der Waals surface area contributed by atoms with Gasteiger partial charge in [0.25, 0.3) is 0 Å². The smallest absolute Gasteiger partial charge is 0.240 e. The molecule has 1 heterocycles. The Balaban J connectivity index is 1.76. The number of fused-ring (bicyclic) bond motifs is 1. The molecule has 1 amide bonds. The fourth-order valence-corrected chi connectivity index (χ4v) is 4.09. The van der Waals surface area contributed by atoms with Crippen molar-refractivity contribution in [3.63, 3.8) is 0 Å². The van der Waals surface area contributed by atoms with Crippen LogP contribution in [0.1, 0.15) is 30.9 Å². The Morgan fingerprint density at radius 2 is 1.84 bits per heavy atom. The Morgan fingerprint density at radius 3 is 2.56 bits per heavy atom. The van der Waals surface area contributed by atoms with Crippen molar-refractivity contribution < 1.29 is 13.2 Å². The van der Waals surface area contributed by atoms with E-state index < -0.39 is 10.0 Å². The van der Waals surface area contributed by atoms with E-state index >= 15 is 0 Å². The van der Waals surface area contributed by atoms with Crippen molar-refractivity contribution in [2.45, 2.75) is 37.6 Å². The van der Waals surface area contributed by atoms with E-state index in [1.807, 2.05) is 30.0 Å². The minimum Gasteiger partial charge on any atom is -0.312 e. The largest absolute Gasteiger partial charge is 0.312 e. The minimum absolute atomic E-state index is 0.159. The number of hydrogen-bond acceptors (Lipinski definition) is 3. The van der Waals surface area contributed by atoms with Gasteiger partial charge in [-0.15, -0.1) is 0 Å². The number of benzene rings is 2. The maximum absolute atomic E-state index is 12.3. The first kappa shape index (κ1) is 17.6. The Kier molecular flexibility index (Phi) is 5.20. The molecule has 6 heteroatoms. The van der Waals surface area contributed by atoms with Gasteiger partial charge in [-0.2, -0.15) is 0 Å². The number of nitrogens with one attached hydrogen (secondary N) is 1. The Hall–Kier alpha value is -2.18. The highest BCUT2D eigenvalue weighted by Gasteiger charge is 2.23. The van der Waals surface area contributed by atoms with Crippen molar-refractivity contribution in [1.29, 1.82) is 0 Å². The van der Waals surface area contributed by atoms with Crippen molar-refractivity contribution in [3.8, 4) is 0 Å². The molecule has 0 saturated heterocycles. The zero-order valence-corrected chi connectivity index (χ0v) is 15.1. The summed E-state index contributed by atoms with van der Waals surface area (Å²) >= 11 is 0. The van der Waals surface area contributed by atoms with Gasteiger partial charge in [0.15, 0.2) is 0 Å². The topological polar surface area (TPSA) is 66.5 Å². The number of amides is 1. The molecule has 0 unspecified atom stereocenters. The summed E-state index contributed by atoms with van der Waals surface area (Å²) in [6, 6.07) is 14.1. The average molecular weight is 358 g/mol. The summed E-state index contributed by atoms with van der Waals surface area (Å²) in [5.41, 5.74) is 2.95. The predicted octanol–water partition coefficient (Wildman–Crippen LogP) is 2.85. The second-order valence-corrected chi connectivity index (χ2v) is 7.91. The first-order valence-electron chi connectivity index (χ1n) is 8.48. The van der Waals surface area contributed by atoms with Crippen LogP contribution in [0.25, 0.3) is 0 Å². The first-order chi connectivity index (χ1) is 12.0. The van der Waals surface area contributed by atoms with Crippen LogP contribution in [0.2, 0.25) is 0 Å². The molecule has 0 aromatic heterocycles. The summed E-state index contributed by atoms with van der Waals surface area (Å²) in [5.74, 6) is 0.159. The van der Waals surface area contributed by atoms with E-state index in [2.05, 4.69) is 4.72 Å². The molecule has 0 saturated carbocycles. The molecule has 0 fully saturated rings. The molecule has 0 bridgehead atoms. The van der Waals surface area contributed by atoms with Crippen LogP contribution >= 0.6 is 0 Å². The maximum atomic E-state index is 12.3.